The molecule has 5 nitrogen and oxygen atoms in total. The van der Waals surface area contributed by atoms with Gasteiger partial charge in [-0.05, 0) is 97.1 Å². The lowest BCUT2D eigenvalue weighted by atomic mass is 10.0. The topological polar surface area (TPSA) is 37.2 Å². The molecule has 17 aromatic rings. The third kappa shape index (κ3) is 5.44. The average Bonchev–Trinajstić information content (AvgIpc) is 4.31. The van der Waals surface area contributed by atoms with Crippen LogP contribution in [-0.4, -0.2) is 4.40 Å². The zero-order valence-electron chi connectivity index (χ0n) is 38.8. The Bertz CT molecular complexity index is 4800. The van der Waals surface area contributed by atoms with Gasteiger partial charge in [-0.15, -0.1) is 22.7 Å². The molecule has 0 atom stereocenters. The van der Waals surface area contributed by atoms with E-state index in [1.807, 2.05) is 22.7 Å². The molecule has 0 aliphatic carbocycles. The molecule has 0 unspecified atom stereocenters. The zero-order chi connectivity index (χ0) is 47.5. The number of aromatic nitrogens is 1. The Hall–Kier alpha value is -9.14. The van der Waals surface area contributed by atoms with Crippen molar-refractivity contribution in [1.82, 2.24) is 4.40 Å². The van der Waals surface area contributed by atoms with Gasteiger partial charge in [0.25, 0.3) is 0 Å². The van der Waals surface area contributed by atoms with Gasteiger partial charge in [0.1, 0.15) is 22.2 Å². The lowest BCUT2D eigenvalue weighted by Crippen LogP contribution is -2.10. The summed E-state index contributed by atoms with van der Waals surface area (Å²) in [5.41, 5.74) is 13.0. The summed E-state index contributed by atoms with van der Waals surface area (Å²) in [6, 6.07) is 81.7. The molecule has 0 fully saturated rings. The zero-order valence-corrected chi connectivity index (χ0v) is 40.5. The van der Waals surface area contributed by atoms with Gasteiger partial charge in [0.15, 0.2) is 11.2 Å². The molecule has 0 bridgehead atoms. The van der Waals surface area contributed by atoms with Crippen LogP contribution in [0, 0.1) is 0 Å². The molecular formula is C66H37N3O2S2. The van der Waals surface area contributed by atoms with E-state index in [0.717, 1.165) is 116 Å². The molecule has 6 aromatic heterocycles. The predicted octanol–water partition coefficient (Wildman–Crippen LogP) is 20.3. The number of anilines is 6. The minimum atomic E-state index is 0.839. The van der Waals surface area contributed by atoms with E-state index in [0.29, 0.717) is 0 Å². The van der Waals surface area contributed by atoms with E-state index >= 15 is 0 Å². The molecule has 11 aromatic carbocycles. The number of para-hydroxylation sites is 5. The highest BCUT2D eigenvalue weighted by Crippen LogP contribution is 2.55. The van der Waals surface area contributed by atoms with E-state index in [2.05, 4.69) is 239 Å². The van der Waals surface area contributed by atoms with Crippen LogP contribution in [-0.2, 0) is 0 Å². The minimum Gasteiger partial charge on any atom is -0.454 e. The summed E-state index contributed by atoms with van der Waals surface area (Å²) in [6.07, 6.45) is 0. The van der Waals surface area contributed by atoms with Crippen LogP contribution in [0.25, 0.3) is 122 Å². The fourth-order valence-electron chi connectivity index (χ4n) is 12.2. The molecular weight excluding hydrogens is 931 g/mol. The number of benzene rings is 11. The van der Waals surface area contributed by atoms with Crippen molar-refractivity contribution in [3.05, 3.63) is 224 Å². The number of hydrogen-bond acceptors (Lipinski definition) is 6. The van der Waals surface area contributed by atoms with Crippen molar-refractivity contribution < 1.29 is 8.83 Å². The molecule has 0 amide bonds. The summed E-state index contributed by atoms with van der Waals surface area (Å²) in [4.78, 5) is 4.92. The van der Waals surface area contributed by atoms with Crippen molar-refractivity contribution in [3.63, 3.8) is 0 Å². The molecule has 0 aliphatic rings. The van der Waals surface area contributed by atoms with Gasteiger partial charge in [0, 0.05) is 106 Å². The average molecular weight is 968 g/mol. The standard InChI is InChI=1S/C66H37N3O2S2/c1-3-16-38(17-4-1)67(40-30-32-58-48(34-40)44-22-9-13-28-56(44)72-58)52-36-50-42-20-7-11-26-54(42)70-65(50)63-60(52)46-24-15-25-47-61-53(37-51-43-21-8-12-27-55(43)71-66(51)64(61)69(63)62(46)47)68(39-18-5-2-6-19-39)41-31-33-59-49(35-41)45-23-10-14-29-57(45)73-59/h1-37H. The largest absolute Gasteiger partial charge is 0.454 e. The molecule has 17 rings (SSSR count). The Morgan fingerprint density at radius 1 is 0.288 bits per heavy atom. The summed E-state index contributed by atoms with van der Waals surface area (Å²) in [5.74, 6) is 0. The predicted molar refractivity (Wildman–Crippen MR) is 311 cm³/mol. The van der Waals surface area contributed by atoms with Gasteiger partial charge < -0.3 is 23.0 Å². The van der Waals surface area contributed by atoms with E-state index in [4.69, 9.17) is 8.83 Å². The fraction of sp³-hybridized carbons (Fsp3) is 0. The van der Waals surface area contributed by atoms with Crippen molar-refractivity contribution in [2.75, 3.05) is 9.80 Å². The lowest BCUT2D eigenvalue weighted by Gasteiger charge is -2.27. The summed E-state index contributed by atoms with van der Waals surface area (Å²) in [5, 5.41) is 13.8. The maximum atomic E-state index is 7.20. The van der Waals surface area contributed by atoms with E-state index in [9.17, 15) is 0 Å². The third-order valence-corrected chi connectivity index (χ3v) is 17.5. The van der Waals surface area contributed by atoms with Crippen molar-refractivity contribution in [2.24, 2.45) is 0 Å². The van der Waals surface area contributed by atoms with Crippen LogP contribution in [0.5, 0.6) is 0 Å². The fourth-order valence-corrected chi connectivity index (χ4v) is 14.4. The summed E-state index contributed by atoms with van der Waals surface area (Å²) >= 11 is 3.69. The highest BCUT2D eigenvalue weighted by atomic mass is 32.1. The summed E-state index contributed by atoms with van der Waals surface area (Å²) in [6.45, 7) is 0. The van der Waals surface area contributed by atoms with Crippen molar-refractivity contribution in [1.29, 1.82) is 0 Å². The quantitative estimate of drug-likeness (QED) is 0.166. The smallest absolute Gasteiger partial charge is 0.160 e. The van der Waals surface area contributed by atoms with Crippen LogP contribution in [0.3, 0.4) is 0 Å². The van der Waals surface area contributed by atoms with Gasteiger partial charge >= 0.3 is 0 Å². The van der Waals surface area contributed by atoms with Crippen molar-refractivity contribution >= 4 is 179 Å². The Morgan fingerprint density at radius 3 is 1.16 bits per heavy atom. The van der Waals surface area contributed by atoms with Crippen LogP contribution in [0.2, 0.25) is 0 Å². The maximum absolute atomic E-state index is 7.20. The highest BCUT2D eigenvalue weighted by molar-refractivity contribution is 7.26. The molecule has 0 saturated carbocycles. The summed E-state index contributed by atoms with van der Waals surface area (Å²) < 4.78 is 22.0. The first kappa shape index (κ1) is 39.6. The van der Waals surface area contributed by atoms with Gasteiger partial charge in [0.2, 0.25) is 0 Å². The third-order valence-electron chi connectivity index (χ3n) is 15.2. The molecule has 6 heterocycles. The SMILES string of the molecule is c1ccc(N(c2ccc3sc4ccccc4c3c2)c2cc3c4ccccc4oc3c3c2c2cccc4c5c(N(c6ccccc6)c6ccc7sc8ccccc8c7c6)cc6c7ccccc7oc6c5n3c24)cc1. The molecule has 340 valence electrons. The van der Waals surface area contributed by atoms with Crippen LogP contribution in [0.4, 0.5) is 34.1 Å². The molecule has 0 spiro atoms. The van der Waals surface area contributed by atoms with Crippen molar-refractivity contribution in [2.45, 2.75) is 0 Å². The molecule has 0 N–H and O–H groups in total. The first-order chi connectivity index (χ1) is 36.2. The van der Waals surface area contributed by atoms with Gasteiger partial charge in [-0.3, -0.25) is 0 Å². The Balaban J connectivity index is 1.06. The van der Waals surface area contributed by atoms with Crippen LogP contribution < -0.4 is 9.80 Å². The van der Waals surface area contributed by atoms with Crippen molar-refractivity contribution in [3.8, 4) is 0 Å². The lowest BCUT2D eigenvalue weighted by molar-refractivity contribution is 0.670. The first-order valence-electron chi connectivity index (χ1n) is 24.7. The van der Waals surface area contributed by atoms with Crippen LogP contribution in [0.1, 0.15) is 0 Å². The van der Waals surface area contributed by atoms with E-state index < -0.39 is 0 Å². The molecule has 0 radical (unpaired) electrons. The minimum absolute atomic E-state index is 0.839. The monoisotopic (exact) mass is 967 g/mol. The van der Waals surface area contributed by atoms with Gasteiger partial charge in [-0.25, -0.2) is 0 Å². The van der Waals surface area contributed by atoms with E-state index in [1.165, 1.54) is 40.3 Å². The molecule has 0 aliphatic heterocycles. The number of thiophene rings is 2. The summed E-state index contributed by atoms with van der Waals surface area (Å²) in [7, 11) is 0. The molecule has 0 saturated heterocycles. The number of furan rings is 2. The Labute approximate surface area is 424 Å². The normalized spacial score (nSPS) is 12.4. The van der Waals surface area contributed by atoms with Crippen LogP contribution >= 0.6 is 22.7 Å². The second-order valence-electron chi connectivity index (χ2n) is 19.1. The Kier molecular flexibility index (Phi) is 7.97. The Morgan fingerprint density at radius 2 is 0.685 bits per heavy atom. The molecule has 73 heavy (non-hydrogen) atoms. The number of rotatable bonds is 6. The second-order valence-corrected chi connectivity index (χ2v) is 21.3. The van der Waals surface area contributed by atoms with Gasteiger partial charge in [-0.1, -0.05) is 127 Å². The van der Waals surface area contributed by atoms with E-state index in [-0.39, 0.29) is 0 Å². The number of hydrogen-bond donors (Lipinski definition) is 0. The van der Waals surface area contributed by atoms with Gasteiger partial charge in [0.05, 0.1) is 16.9 Å². The number of fused-ring (bicyclic) bond motifs is 20. The first-order valence-corrected chi connectivity index (χ1v) is 26.3. The highest BCUT2D eigenvalue weighted by Gasteiger charge is 2.32. The second kappa shape index (κ2) is 14.7. The maximum Gasteiger partial charge on any atom is 0.160 e. The number of nitrogens with zero attached hydrogens (tertiary/aromatic N) is 3. The molecule has 7 heteroatoms. The van der Waals surface area contributed by atoms with E-state index in [1.54, 1.807) is 0 Å². The van der Waals surface area contributed by atoms with Crippen LogP contribution in [0.15, 0.2) is 233 Å². The van der Waals surface area contributed by atoms with Gasteiger partial charge in [-0.2, -0.15) is 0 Å².